The number of sulfonamides is 1. The zero-order valence-corrected chi connectivity index (χ0v) is 16.0. The topological polar surface area (TPSA) is 73.2 Å². The molecule has 0 fully saturated rings. The number of nitrogens with one attached hydrogen (secondary N) is 1. The lowest BCUT2D eigenvalue weighted by atomic mass is 10.2. The van der Waals surface area contributed by atoms with Crippen LogP contribution < -0.4 is 9.46 Å². The molecule has 1 N–H and O–H groups in total. The van der Waals surface area contributed by atoms with E-state index in [1.807, 2.05) is 12.1 Å². The van der Waals surface area contributed by atoms with Crippen molar-refractivity contribution in [1.82, 2.24) is 14.5 Å². The minimum atomic E-state index is -3.80. The zero-order chi connectivity index (χ0) is 19.6. The van der Waals surface area contributed by atoms with Crippen LogP contribution in [0.2, 0.25) is 0 Å². The van der Waals surface area contributed by atoms with E-state index in [4.69, 9.17) is 4.74 Å². The van der Waals surface area contributed by atoms with Crippen molar-refractivity contribution in [2.75, 3.05) is 7.11 Å². The third-order valence-corrected chi connectivity index (χ3v) is 5.86. The molecule has 6 nitrogen and oxygen atoms in total. The highest BCUT2D eigenvalue weighted by atomic mass is 32.2. The number of aromatic nitrogens is 2. The van der Waals surface area contributed by atoms with Gasteiger partial charge in [-0.3, -0.25) is 0 Å². The molecule has 0 bridgehead atoms. The van der Waals surface area contributed by atoms with Crippen LogP contribution in [0.3, 0.4) is 0 Å². The van der Waals surface area contributed by atoms with Gasteiger partial charge in [0.25, 0.3) is 0 Å². The summed E-state index contributed by atoms with van der Waals surface area (Å²) in [6, 6.07) is 12.9. The van der Waals surface area contributed by atoms with Crippen molar-refractivity contribution in [3.8, 4) is 11.4 Å². The molecular weight excluding hydrogens is 369 g/mol. The maximum atomic E-state index is 13.2. The summed E-state index contributed by atoms with van der Waals surface area (Å²) < 4.78 is 48.3. The van der Waals surface area contributed by atoms with Crippen LogP contribution in [0.4, 0.5) is 4.39 Å². The second-order valence-electron chi connectivity index (χ2n) is 6.02. The molecule has 0 radical (unpaired) electrons. The van der Waals surface area contributed by atoms with Crippen LogP contribution >= 0.6 is 0 Å². The molecule has 0 amide bonds. The van der Waals surface area contributed by atoms with Crippen molar-refractivity contribution in [1.29, 1.82) is 0 Å². The Morgan fingerprint density at radius 1 is 1.11 bits per heavy atom. The van der Waals surface area contributed by atoms with E-state index in [2.05, 4.69) is 9.82 Å². The molecular formula is C19H20FN3O3S. The Labute approximate surface area is 157 Å². The molecule has 2 aromatic carbocycles. The van der Waals surface area contributed by atoms with Crippen molar-refractivity contribution in [3.63, 3.8) is 0 Å². The van der Waals surface area contributed by atoms with Crippen LogP contribution in [0.1, 0.15) is 17.0 Å². The highest BCUT2D eigenvalue weighted by molar-refractivity contribution is 7.89. The van der Waals surface area contributed by atoms with Gasteiger partial charge in [0.05, 0.1) is 24.2 Å². The van der Waals surface area contributed by atoms with E-state index in [1.54, 1.807) is 38.1 Å². The van der Waals surface area contributed by atoms with Gasteiger partial charge in [-0.25, -0.2) is 22.2 Å². The maximum absolute atomic E-state index is 13.2. The summed E-state index contributed by atoms with van der Waals surface area (Å²) in [6.07, 6.45) is 0. The highest BCUT2D eigenvalue weighted by Gasteiger charge is 2.25. The minimum absolute atomic E-state index is 0.0902. The summed E-state index contributed by atoms with van der Waals surface area (Å²) in [6.45, 7) is 3.39. The number of hydrogen-bond donors (Lipinski definition) is 1. The summed E-state index contributed by atoms with van der Waals surface area (Å²) in [5.74, 6) is 0.238. The number of aryl methyl sites for hydroxylation is 1. The Kier molecular flexibility index (Phi) is 5.29. The van der Waals surface area contributed by atoms with Crippen LogP contribution in [-0.4, -0.2) is 25.3 Å². The Bertz CT molecular complexity index is 1060. The number of para-hydroxylation sites is 1. The fraction of sp³-hybridized carbons (Fsp3) is 0.211. The van der Waals surface area contributed by atoms with Gasteiger partial charge in [-0.2, -0.15) is 5.10 Å². The molecule has 3 aromatic rings. The standard InChI is InChI=1S/C19H20FN3O3S/c1-13-19(14(2)23(22-13)17-10-8-16(20)9-11-17)27(24,25)21-12-15-6-4-5-7-18(15)26-3/h4-11,21H,12H2,1-3H3. The van der Waals surface area contributed by atoms with E-state index in [9.17, 15) is 12.8 Å². The van der Waals surface area contributed by atoms with Crippen LogP contribution in [-0.2, 0) is 16.6 Å². The maximum Gasteiger partial charge on any atom is 0.244 e. The highest BCUT2D eigenvalue weighted by Crippen LogP contribution is 2.24. The first-order valence-electron chi connectivity index (χ1n) is 8.27. The Hall–Kier alpha value is -2.71. The van der Waals surface area contributed by atoms with E-state index >= 15 is 0 Å². The molecule has 142 valence electrons. The third-order valence-electron chi connectivity index (χ3n) is 4.21. The van der Waals surface area contributed by atoms with Crippen molar-refractivity contribution < 1.29 is 17.5 Å². The molecule has 27 heavy (non-hydrogen) atoms. The average molecular weight is 389 g/mol. The number of halogens is 1. The lowest BCUT2D eigenvalue weighted by Crippen LogP contribution is -2.24. The number of nitrogens with zero attached hydrogens (tertiary/aromatic N) is 2. The van der Waals surface area contributed by atoms with Gasteiger partial charge in [0.1, 0.15) is 16.5 Å². The van der Waals surface area contributed by atoms with Gasteiger partial charge >= 0.3 is 0 Å². The van der Waals surface area contributed by atoms with Crippen LogP contribution in [0, 0.1) is 19.7 Å². The number of methoxy groups -OCH3 is 1. The normalized spacial score (nSPS) is 11.6. The summed E-state index contributed by atoms with van der Waals surface area (Å²) in [7, 11) is -2.27. The van der Waals surface area contributed by atoms with Gasteiger partial charge in [0.2, 0.25) is 10.0 Å². The molecule has 0 aliphatic carbocycles. The Balaban J connectivity index is 1.92. The van der Waals surface area contributed by atoms with Crippen LogP contribution in [0.25, 0.3) is 5.69 Å². The SMILES string of the molecule is COc1ccccc1CNS(=O)(=O)c1c(C)nn(-c2ccc(F)cc2)c1C. The molecule has 0 aliphatic heterocycles. The zero-order valence-electron chi connectivity index (χ0n) is 15.2. The van der Waals surface area contributed by atoms with Gasteiger partial charge < -0.3 is 4.74 Å². The van der Waals surface area contributed by atoms with E-state index in [-0.39, 0.29) is 17.3 Å². The summed E-state index contributed by atoms with van der Waals surface area (Å²) in [5.41, 5.74) is 2.13. The lowest BCUT2D eigenvalue weighted by Gasteiger charge is -2.11. The summed E-state index contributed by atoms with van der Waals surface area (Å²) >= 11 is 0. The molecule has 1 heterocycles. The number of benzene rings is 2. The van der Waals surface area contributed by atoms with Crippen molar-refractivity contribution in [2.24, 2.45) is 0 Å². The van der Waals surface area contributed by atoms with Gasteiger partial charge in [-0.1, -0.05) is 18.2 Å². The monoisotopic (exact) mass is 389 g/mol. The molecule has 1 aromatic heterocycles. The van der Waals surface area contributed by atoms with E-state index in [0.717, 1.165) is 5.56 Å². The van der Waals surface area contributed by atoms with Gasteiger partial charge in [0.15, 0.2) is 0 Å². The summed E-state index contributed by atoms with van der Waals surface area (Å²) in [4.78, 5) is 0.113. The number of rotatable bonds is 6. The fourth-order valence-electron chi connectivity index (χ4n) is 2.94. The van der Waals surface area contributed by atoms with Crippen molar-refractivity contribution >= 4 is 10.0 Å². The molecule has 0 saturated carbocycles. The average Bonchev–Trinajstić information content (AvgIpc) is 2.96. The molecule has 0 unspecified atom stereocenters. The number of hydrogen-bond acceptors (Lipinski definition) is 4. The van der Waals surface area contributed by atoms with E-state index in [0.29, 0.717) is 22.8 Å². The lowest BCUT2D eigenvalue weighted by molar-refractivity contribution is 0.409. The second kappa shape index (κ2) is 7.50. The molecule has 0 saturated heterocycles. The predicted octanol–water partition coefficient (Wildman–Crippen LogP) is 3.12. The predicted molar refractivity (Wildman–Crippen MR) is 100 cm³/mol. The summed E-state index contributed by atoms with van der Waals surface area (Å²) in [5, 5.41) is 4.32. The molecule has 3 rings (SSSR count). The van der Waals surface area contributed by atoms with Crippen molar-refractivity contribution in [3.05, 3.63) is 71.3 Å². The van der Waals surface area contributed by atoms with Crippen LogP contribution in [0.5, 0.6) is 5.75 Å². The van der Waals surface area contributed by atoms with Gasteiger partial charge in [0, 0.05) is 12.1 Å². The molecule has 0 spiro atoms. The Morgan fingerprint density at radius 2 is 1.78 bits per heavy atom. The van der Waals surface area contributed by atoms with E-state index < -0.39 is 10.0 Å². The van der Waals surface area contributed by atoms with Crippen LogP contribution in [0.15, 0.2) is 53.4 Å². The Morgan fingerprint density at radius 3 is 2.44 bits per heavy atom. The minimum Gasteiger partial charge on any atom is -0.496 e. The largest absolute Gasteiger partial charge is 0.496 e. The second-order valence-corrected chi connectivity index (χ2v) is 7.73. The van der Waals surface area contributed by atoms with Gasteiger partial charge in [-0.05, 0) is 44.2 Å². The molecule has 0 atom stereocenters. The molecule has 0 aliphatic rings. The molecule has 8 heteroatoms. The third kappa shape index (κ3) is 3.86. The first kappa shape index (κ1) is 19.1. The fourth-order valence-corrected chi connectivity index (χ4v) is 4.34. The van der Waals surface area contributed by atoms with E-state index in [1.165, 1.54) is 23.9 Å². The van der Waals surface area contributed by atoms with Crippen molar-refractivity contribution in [2.45, 2.75) is 25.3 Å². The first-order valence-corrected chi connectivity index (χ1v) is 9.75. The van der Waals surface area contributed by atoms with Gasteiger partial charge in [-0.15, -0.1) is 0 Å². The number of ether oxygens (including phenoxy) is 1. The first-order chi connectivity index (χ1) is 12.8. The quantitative estimate of drug-likeness (QED) is 0.703. The smallest absolute Gasteiger partial charge is 0.244 e.